The van der Waals surface area contributed by atoms with Crippen LogP contribution in [0.3, 0.4) is 0 Å². The number of hydrogen-bond acceptors (Lipinski definition) is 2. The Hall–Kier alpha value is -0.990. The van der Waals surface area contributed by atoms with Gasteiger partial charge in [-0.3, -0.25) is 0 Å². The third-order valence-electron chi connectivity index (χ3n) is 1.41. The van der Waals surface area contributed by atoms with Crippen LogP contribution in [-0.4, -0.2) is 11.7 Å². The maximum atomic E-state index is 9.11. The van der Waals surface area contributed by atoms with Crippen molar-refractivity contribution in [3.8, 4) is 5.75 Å². The van der Waals surface area contributed by atoms with Crippen LogP contribution in [0.15, 0.2) is 24.3 Å². The average Bonchev–Trinajstić information content (AvgIpc) is 2.07. The molecule has 0 amide bonds. The first-order chi connectivity index (χ1) is 5.74. The standard InChI is InChI=1S/C9H10ClNO/c10-9-4-3-8(12)6-7(9)2-1-5-11/h1-4,6,12H,5,11H2. The number of hydrogen-bond donors (Lipinski definition) is 2. The zero-order chi connectivity index (χ0) is 8.97. The number of halogens is 1. The van der Waals surface area contributed by atoms with Gasteiger partial charge in [0.05, 0.1) is 0 Å². The third kappa shape index (κ3) is 2.26. The van der Waals surface area contributed by atoms with Crippen LogP contribution in [-0.2, 0) is 0 Å². The predicted octanol–water partition coefficient (Wildman–Crippen LogP) is 2.02. The van der Waals surface area contributed by atoms with Crippen molar-refractivity contribution >= 4 is 17.7 Å². The summed E-state index contributed by atoms with van der Waals surface area (Å²) in [5, 5.41) is 9.72. The van der Waals surface area contributed by atoms with Crippen LogP contribution in [0.2, 0.25) is 5.02 Å². The number of aromatic hydroxyl groups is 1. The second-order valence-electron chi connectivity index (χ2n) is 2.34. The Balaban J connectivity index is 2.97. The van der Waals surface area contributed by atoms with Gasteiger partial charge in [-0.1, -0.05) is 23.8 Å². The maximum absolute atomic E-state index is 9.11. The lowest BCUT2D eigenvalue weighted by Gasteiger charge is -1.98. The molecule has 0 aliphatic carbocycles. The highest BCUT2D eigenvalue weighted by atomic mass is 35.5. The minimum absolute atomic E-state index is 0.205. The van der Waals surface area contributed by atoms with Crippen LogP contribution in [0.4, 0.5) is 0 Å². The fourth-order valence-electron chi connectivity index (χ4n) is 0.854. The fraction of sp³-hybridized carbons (Fsp3) is 0.111. The molecule has 2 nitrogen and oxygen atoms in total. The minimum Gasteiger partial charge on any atom is -0.508 e. The minimum atomic E-state index is 0.205. The topological polar surface area (TPSA) is 46.2 Å². The van der Waals surface area contributed by atoms with Gasteiger partial charge in [0, 0.05) is 11.6 Å². The molecule has 1 aromatic rings. The summed E-state index contributed by atoms with van der Waals surface area (Å²) in [6.45, 7) is 0.464. The quantitative estimate of drug-likeness (QED) is 0.737. The monoisotopic (exact) mass is 183 g/mol. The van der Waals surface area contributed by atoms with Crippen molar-refractivity contribution < 1.29 is 5.11 Å². The molecule has 1 rings (SSSR count). The first-order valence-electron chi connectivity index (χ1n) is 3.59. The van der Waals surface area contributed by atoms with Crippen LogP contribution < -0.4 is 5.73 Å². The lowest BCUT2D eigenvalue weighted by Crippen LogP contribution is -1.91. The zero-order valence-electron chi connectivity index (χ0n) is 6.50. The van der Waals surface area contributed by atoms with E-state index in [9.17, 15) is 0 Å². The first kappa shape index (κ1) is 9.10. The Bertz CT molecular complexity index is 297. The highest BCUT2D eigenvalue weighted by molar-refractivity contribution is 6.32. The van der Waals surface area contributed by atoms with Crippen molar-refractivity contribution in [3.63, 3.8) is 0 Å². The second-order valence-corrected chi connectivity index (χ2v) is 2.75. The molecule has 0 spiro atoms. The van der Waals surface area contributed by atoms with E-state index in [4.69, 9.17) is 22.4 Å². The van der Waals surface area contributed by atoms with Gasteiger partial charge in [-0.25, -0.2) is 0 Å². The number of phenolic OH excluding ortho intramolecular Hbond substituents is 1. The molecule has 0 aromatic heterocycles. The van der Waals surface area contributed by atoms with Crippen LogP contribution in [0.5, 0.6) is 5.75 Å². The van der Waals surface area contributed by atoms with Gasteiger partial charge >= 0.3 is 0 Å². The highest BCUT2D eigenvalue weighted by Crippen LogP contribution is 2.21. The van der Waals surface area contributed by atoms with Gasteiger partial charge in [-0.15, -0.1) is 0 Å². The molecule has 3 N–H and O–H groups in total. The molecule has 0 unspecified atom stereocenters. The number of rotatable bonds is 2. The molecule has 0 bridgehead atoms. The van der Waals surface area contributed by atoms with E-state index in [1.54, 1.807) is 30.4 Å². The Morgan fingerprint density at radius 3 is 2.92 bits per heavy atom. The van der Waals surface area contributed by atoms with Crippen molar-refractivity contribution in [2.24, 2.45) is 5.73 Å². The van der Waals surface area contributed by atoms with Gasteiger partial charge < -0.3 is 10.8 Å². The number of benzene rings is 1. The van der Waals surface area contributed by atoms with Gasteiger partial charge in [-0.05, 0) is 23.8 Å². The second kappa shape index (κ2) is 4.14. The Labute approximate surface area is 76.3 Å². The molecule has 0 saturated heterocycles. The summed E-state index contributed by atoms with van der Waals surface area (Å²) in [5.41, 5.74) is 6.05. The SMILES string of the molecule is NCC=Cc1cc(O)ccc1Cl. The maximum Gasteiger partial charge on any atom is 0.116 e. The van der Waals surface area contributed by atoms with E-state index in [1.165, 1.54) is 0 Å². The average molecular weight is 184 g/mol. The molecule has 0 aliphatic heterocycles. The van der Waals surface area contributed by atoms with Crippen molar-refractivity contribution in [2.75, 3.05) is 6.54 Å². The van der Waals surface area contributed by atoms with E-state index in [0.717, 1.165) is 5.56 Å². The van der Waals surface area contributed by atoms with Crippen LogP contribution >= 0.6 is 11.6 Å². The van der Waals surface area contributed by atoms with Crippen LogP contribution in [0.25, 0.3) is 6.08 Å². The predicted molar refractivity (Wildman–Crippen MR) is 51.2 cm³/mol. The normalized spacial score (nSPS) is 10.8. The van der Waals surface area contributed by atoms with Crippen LogP contribution in [0, 0.1) is 0 Å². The molecule has 0 saturated carbocycles. The van der Waals surface area contributed by atoms with Crippen molar-refractivity contribution in [3.05, 3.63) is 34.9 Å². The molecule has 3 heteroatoms. The summed E-state index contributed by atoms with van der Waals surface area (Å²) >= 11 is 5.83. The smallest absolute Gasteiger partial charge is 0.116 e. The van der Waals surface area contributed by atoms with Gasteiger partial charge in [0.2, 0.25) is 0 Å². The van der Waals surface area contributed by atoms with Gasteiger partial charge in [0.25, 0.3) is 0 Å². The summed E-state index contributed by atoms with van der Waals surface area (Å²) in [7, 11) is 0. The molecule has 1 aromatic carbocycles. The van der Waals surface area contributed by atoms with E-state index in [0.29, 0.717) is 11.6 Å². The summed E-state index contributed by atoms with van der Waals surface area (Å²) in [6, 6.07) is 4.78. The van der Waals surface area contributed by atoms with Crippen molar-refractivity contribution in [1.82, 2.24) is 0 Å². The molecular weight excluding hydrogens is 174 g/mol. The van der Waals surface area contributed by atoms with Gasteiger partial charge in [0.1, 0.15) is 5.75 Å². The van der Waals surface area contributed by atoms with E-state index < -0.39 is 0 Å². The summed E-state index contributed by atoms with van der Waals surface area (Å²) in [4.78, 5) is 0. The van der Waals surface area contributed by atoms with E-state index in [2.05, 4.69) is 0 Å². The zero-order valence-corrected chi connectivity index (χ0v) is 7.25. The highest BCUT2D eigenvalue weighted by Gasteiger charge is 1.96. The first-order valence-corrected chi connectivity index (χ1v) is 3.97. The molecule has 0 atom stereocenters. The molecule has 0 aliphatic rings. The summed E-state index contributed by atoms with van der Waals surface area (Å²) < 4.78 is 0. The Morgan fingerprint density at radius 2 is 2.25 bits per heavy atom. The molecular formula is C9H10ClNO. The molecule has 64 valence electrons. The lowest BCUT2D eigenvalue weighted by molar-refractivity contribution is 0.475. The van der Waals surface area contributed by atoms with Crippen molar-refractivity contribution in [1.29, 1.82) is 0 Å². The Morgan fingerprint density at radius 1 is 1.50 bits per heavy atom. The third-order valence-corrected chi connectivity index (χ3v) is 1.76. The fourth-order valence-corrected chi connectivity index (χ4v) is 1.03. The molecule has 0 heterocycles. The van der Waals surface area contributed by atoms with E-state index >= 15 is 0 Å². The van der Waals surface area contributed by atoms with Gasteiger partial charge in [0.15, 0.2) is 0 Å². The molecule has 12 heavy (non-hydrogen) atoms. The summed E-state index contributed by atoms with van der Waals surface area (Å²) in [5.74, 6) is 0.205. The number of nitrogens with two attached hydrogens (primary N) is 1. The van der Waals surface area contributed by atoms with E-state index in [1.807, 2.05) is 0 Å². The largest absolute Gasteiger partial charge is 0.508 e. The van der Waals surface area contributed by atoms with Gasteiger partial charge in [-0.2, -0.15) is 0 Å². The summed E-state index contributed by atoms with van der Waals surface area (Å²) in [6.07, 6.45) is 3.56. The van der Waals surface area contributed by atoms with Crippen LogP contribution in [0.1, 0.15) is 5.56 Å². The van der Waals surface area contributed by atoms with E-state index in [-0.39, 0.29) is 5.75 Å². The lowest BCUT2D eigenvalue weighted by atomic mass is 10.2. The Kier molecular flexibility index (Phi) is 3.14. The van der Waals surface area contributed by atoms with Crippen molar-refractivity contribution in [2.45, 2.75) is 0 Å². The molecule has 0 fully saturated rings. The molecule has 0 radical (unpaired) electrons. The number of phenols is 1.